The van der Waals surface area contributed by atoms with Crippen LogP contribution in [-0.2, 0) is 0 Å². The van der Waals surface area contributed by atoms with Gasteiger partial charge in [0.2, 0.25) is 0 Å². The van der Waals surface area contributed by atoms with Crippen LogP contribution in [0.25, 0.3) is 0 Å². The Hall–Kier alpha value is -1.22. The summed E-state index contributed by atoms with van der Waals surface area (Å²) in [6, 6.07) is 4.24. The van der Waals surface area contributed by atoms with Gasteiger partial charge in [-0.05, 0) is 37.7 Å². The lowest BCUT2D eigenvalue weighted by Crippen LogP contribution is -2.13. The number of ketones is 1. The van der Waals surface area contributed by atoms with E-state index in [-0.39, 0.29) is 11.6 Å². The molecule has 1 aromatic rings. The van der Waals surface area contributed by atoms with Crippen molar-refractivity contribution in [1.29, 1.82) is 0 Å². The fourth-order valence-electron chi connectivity index (χ4n) is 1.31. The molecule has 0 aliphatic carbocycles. The molecule has 0 saturated carbocycles. The summed E-state index contributed by atoms with van der Waals surface area (Å²) in [4.78, 5) is 11.6. The van der Waals surface area contributed by atoms with Crippen molar-refractivity contribution in [3.63, 3.8) is 0 Å². The second-order valence-corrected chi connectivity index (χ2v) is 3.24. The topological polar surface area (TPSA) is 29.1 Å². The number of hydrogen-bond donors (Lipinski definition) is 1. The van der Waals surface area contributed by atoms with E-state index in [0.717, 1.165) is 0 Å². The fourth-order valence-corrected chi connectivity index (χ4v) is 1.31. The molecule has 0 saturated heterocycles. The molecular weight excluding hydrogens is 181 g/mol. The Kier molecular flexibility index (Phi) is 3.77. The number of halogens is 1. The van der Waals surface area contributed by atoms with Crippen molar-refractivity contribution in [1.82, 2.24) is 5.32 Å². The first-order chi connectivity index (χ1) is 6.65. The average molecular weight is 195 g/mol. The lowest BCUT2D eigenvalue weighted by atomic mass is 10.0. The van der Waals surface area contributed by atoms with E-state index in [4.69, 9.17) is 0 Å². The maximum Gasteiger partial charge on any atom is 0.164 e. The van der Waals surface area contributed by atoms with E-state index in [9.17, 15) is 9.18 Å². The van der Waals surface area contributed by atoms with Gasteiger partial charge in [-0.3, -0.25) is 4.79 Å². The molecule has 0 aliphatic rings. The van der Waals surface area contributed by atoms with Crippen molar-refractivity contribution in [2.24, 2.45) is 0 Å². The summed E-state index contributed by atoms with van der Waals surface area (Å²) >= 11 is 0. The van der Waals surface area contributed by atoms with E-state index in [1.807, 2.05) is 0 Å². The molecule has 0 aromatic heterocycles. The Morgan fingerprint density at radius 2 is 2.21 bits per heavy atom. The summed E-state index contributed by atoms with van der Waals surface area (Å²) in [5.41, 5.74) is 1.31. The van der Waals surface area contributed by atoms with E-state index >= 15 is 0 Å². The number of benzene rings is 1. The molecular formula is C11H14FNO. The standard InChI is InChI=1S/C11H14FNO/c1-8-7-9(12)3-4-10(8)11(14)5-6-13-2/h3-4,7,13H,5-6H2,1-2H3. The van der Waals surface area contributed by atoms with E-state index in [1.54, 1.807) is 20.0 Å². The summed E-state index contributed by atoms with van der Waals surface area (Å²) in [6.45, 7) is 2.39. The van der Waals surface area contributed by atoms with Crippen LogP contribution in [0.3, 0.4) is 0 Å². The molecule has 0 heterocycles. The van der Waals surface area contributed by atoms with Crippen molar-refractivity contribution >= 4 is 5.78 Å². The summed E-state index contributed by atoms with van der Waals surface area (Å²) < 4.78 is 12.7. The van der Waals surface area contributed by atoms with Gasteiger partial charge in [-0.1, -0.05) is 0 Å². The number of Topliss-reactive ketones (excluding diaryl/α,β-unsaturated/α-hetero) is 1. The van der Waals surface area contributed by atoms with Gasteiger partial charge in [0.05, 0.1) is 0 Å². The van der Waals surface area contributed by atoms with Crippen molar-refractivity contribution in [3.8, 4) is 0 Å². The monoisotopic (exact) mass is 195 g/mol. The van der Waals surface area contributed by atoms with E-state index in [1.165, 1.54) is 12.1 Å². The molecule has 0 unspecified atom stereocenters. The molecule has 1 rings (SSSR count). The van der Waals surface area contributed by atoms with Gasteiger partial charge in [-0.2, -0.15) is 0 Å². The highest BCUT2D eigenvalue weighted by molar-refractivity contribution is 5.97. The maximum atomic E-state index is 12.7. The zero-order valence-electron chi connectivity index (χ0n) is 8.43. The summed E-state index contributed by atoms with van der Waals surface area (Å²) in [7, 11) is 1.80. The third-order valence-electron chi connectivity index (χ3n) is 2.09. The molecule has 0 radical (unpaired) electrons. The minimum absolute atomic E-state index is 0.0526. The van der Waals surface area contributed by atoms with E-state index < -0.39 is 0 Å². The quantitative estimate of drug-likeness (QED) is 0.744. The van der Waals surface area contributed by atoms with Crippen molar-refractivity contribution in [2.75, 3.05) is 13.6 Å². The number of aryl methyl sites for hydroxylation is 1. The zero-order chi connectivity index (χ0) is 10.6. The van der Waals surface area contributed by atoms with Crippen LogP contribution in [0.2, 0.25) is 0 Å². The van der Waals surface area contributed by atoms with Crippen molar-refractivity contribution in [3.05, 3.63) is 35.1 Å². The molecule has 0 fully saturated rings. The largest absolute Gasteiger partial charge is 0.319 e. The highest BCUT2D eigenvalue weighted by Gasteiger charge is 2.08. The number of carbonyl (C=O) groups is 1. The van der Waals surface area contributed by atoms with Gasteiger partial charge < -0.3 is 5.32 Å². The minimum Gasteiger partial charge on any atom is -0.319 e. The van der Waals surface area contributed by atoms with Crippen LogP contribution in [0.15, 0.2) is 18.2 Å². The molecule has 2 nitrogen and oxygen atoms in total. The van der Waals surface area contributed by atoms with Crippen LogP contribution in [0.5, 0.6) is 0 Å². The Morgan fingerprint density at radius 3 is 2.79 bits per heavy atom. The SMILES string of the molecule is CNCCC(=O)c1ccc(F)cc1C. The van der Waals surface area contributed by atoms with Gasteiger partial charge in [-0.25, -0.2) is 4.39 Å². The summed E-state index contributed by atoms with van der Waals surface area (Å²) in [6.07, 6.45) is 0.447. The molecule has 0 aliphatic heterocycles. The van der Waals surface area contributed by atoms with Gasteiger partial charge in [0.1, 0.15) is 5.82 Å². The predicted molar refractivity (Wildman–Crippen MR) is 54.0 cm³/mol. The van der Waals surface area contributed by atoms with Gasteiger partial charge in [0.15, 0.2) is 5.78 Å². The molecule has 14 heavy (non-hydrogen) atoms. The third-order valence-corrected chi connectivity index (χ3v) is 2.09. The van der Waals surface area contributed by atoms with Crippen LogP contribution in [-0.4, -0.2) is 19.4 Å². The first-order valence-corrected chi connectivity index (χ1v) is 4.59. The fraction of sp³-hybridized carbons (Fsp3) is 0.364. The molecule has 76 valence electrons. The van der Waals surface area contributed by atoms with Crippen molar-refractivity contribution in [2.45, 2.75) is 13.3 Å². The molecule has 0 atom stereocenters. The number of rotatable bonds is 4. The van der Waals surface area contributed by atoms with Crippen LogP contribution >= 0.6 is 0 Å². The summed E-state index contributed by atoms with van der Waals surface area (Å²) in [5, 5.41) is 2.90. The third kappa shape index (κ3) is 2.64. The van der Waals surface area contributed by atoms with Crippen LogP contribution in [0, 0.1) is 12.7 Å². The summed E-state index contributed by atoms with van der Waals surface area (Å²) in [5.74, 6) is -0.246. The predicted octanol–water partition coefficient (Wildman–Crippen LogP) is 1.93. The minimum atomic E-state index is -0.298. The van der Waals surface area contributed by atoms with Crippen LogP contribution < -0.4 is 5.32 Å². The Bertz CT molecular complexity index is 336. The normalized spacial score (nSPS) is 10.2. The average Bonchev–Trinajstić information content (AvgIpc) is 2.14. The molecule has 0 amide bonds. The zero-order valence-corrected chi connectivity index (χ0v) is 8.43. The lowest BCUT2D eigenvalue weighted by Gasteiger charge is -2.04. The van der Waals surface area contributed by atoms with E-state index in [2.05, 4.69) is 5.32 Å². The Balaban J connectivity index is 2.80. The number of hydrogen-bond acceptors (Lipinski definition) is 2. The highest BCUT2D eigenvalue weighted by atomic mass is 19.1. The molecule has 3 heteroatoms. The molecule has 0 spiro atoms. The van der Waals surface area contributed by atoms with Crippen LogP contribution in [0.1, 0.15) is 22.3 Å². The smallest absolute Gasteiger partial charge is 0.164 e. The van der Waals surface area contributed by atoms with Crippen molar-refractivity contribution < 1.29 is 9.18 Å². The first kappa shape index (κ1) is 10.9. The second-order valence-electron chi connectivity index (χ2n) is 3.24. The number of nitrogens with one attached hydrogen (secondary N) is 1. The Morgan fingerprint density at radius 1 is 1.50 bits per heavy atom. The Labute approximate surface area is 83.1 Å². The molecule has 0 bridgehead atoms. The molecule has 1 N–H and O–H groups in total. The molecule has 1 aromatic carbocycles. The maximum absolute atomic E-state index is 12.7. The first-order valence-electron chi connectivity index (χ1n) is 4.59. The highest BCUT2D eigenvalue weighted by Crippen LogP contribution is 2.11. The van der Waals surface area contributed by atoms with Gasteiger partial charge in [-0.15, -0.1) is 0 Å². The van der Waals surface area contributed by atoms with E-state index in [0.29, 0.717) is 24.1 Å². The lowest BCUT2D eigenvalue weighted by molar-refractivity contribution is 0.0982. The second kappa shape index (κ2) is 4.86. The van der Waals surface area contributed by atoms with Gasteiger partial charge >= 0.3 is 0 Å². The van der Waals surface area contributed by atoms with Gasteiger partial charge in [0, 0.05) is 18.5 Å². The number of carbonyl (C=O) groups excluding carboxylic acids is 1. The van der Waals surface area contributed by atoms with Gasteiger partial charge in [0.25, 0.3) is 0 Å². The van der Waals surface area contributed by atoms with Crippen LogP contribution in [0.4, 0.5) is 4.39 Å².